The maximum absolute atomic E-state index is 13.3. The standard InChI is InChI=1S/C31H48FN3O3/c1-20(34-38-28(37)35(17-15-32)19-27-29(2,3)14-16-33-27)24-8-9-25-23-7-6-21-18-22(36)10-12-30(21,4)26(23)11-13-31(24,25)5/h18,23-27,33H,6-17,19H2,1-5H3/b34-20+/t23-,24+,25-,26-,27?,30-,31+/m0/s1. The second-order valence-corrected chi connectivity index (χ2v) is 14.1. The lowest BCUT2D eigenvalue weighted by Crippen LogP contribution is -2.51. The van der Waals surface area contributed by atoms with Crippen LogP contribution in [0.1, 0.15) is 92.4 Å². The molecule has 7 heteroatoms. The monoisotopic (exact) mass is 529 g/mol. The number of ketones is 1. The van der Waals surface area contributed by atoms with Gasteiger partial charge in [0.2, 0.25) is 0 Å². The lowest BCUT2D eigenvalue weighted by Gasteiger charge is -2.58. The van der Waals surface area contributed by atoms with Crippen LogP contribution in [0.5, 0.6) is 0 Å². The number of carbonyl (C=O) groups excluding carboxylic acids is 2. The van der Waals surface area contributed by atoms with Crippen molar-refractivity contribution in [1.82, 2.24) is 10.2 Å². The lowest BCUT2D eigenvalue weighted by atomic mass is 9.46. The van der Waals surface area contributed by atoms with Gasteiger partial charge in [-0.05, 0) is 105 Å². The molecule has 1 unspecified atom stereocenters. The van der Waals surface area contributed by atoms with Gasteiger partial charge in [-0.25, -0.2) is 9.18 Å². The molecule has 5 aliphatic rings. The lowest BCUT2D eigenvalue weighted by molar-refractivity contribution is -0.117. The van der Waals surface area contributed by atoms with Crippen molar-refractivity contribution >= 4 is 17.6 Å². The van der Waals surface area contributed by atoms with Crippen molar-refractivity contribution in [2.45, 2.75) is 98.4 Å². The summed E-state index contributed by atoms with van der Waals surface area (Å²) in [4.78, 5) is 32.0. The molecule has 212 valence electrons. The number of nitrogens with one attached hydrogen (secondary N) is 1. The first-order valence-corrected chi connectivity index (χ1v) is 15.0. The van der Waals surface area contributed by atoms with E-state index in [1.54, 1.807) is 0 Å². The fourth-order valence-corrected chi connectivity index (χ4v) is 9.39. The molecule has 4 aliphatic carbocycles. The number of amides is 1. The number of hydrogen-bond donors (Lipinski definition) is 1. The third-order valence-electron chi connectivity index (χ3n) is 11.9. The molecular formula is C31H48FN3O3. The Bertz CT molecular complexity index is 1010. The van der Waals surface area contributed by atoms with Crippen molar-refractivity contribution in [2.24, 2.45) is 45.1 Å². The predicted octanol–water partition coefficient (Wildman–Crippen LogP) is 6.31. The van der Waals surface area contributed by atoms with Crippen LogP contribution in [0.2, 0.25) is 0 Å². The van der Waals surface area contributed by atoms with E-state index in [-0.39, 0.29) is 28.8 Å². The van der Waals surface area contributed by atoms with Crippen molar-refractivity contribution in [3.05, 3.63) is 11.6 Å². The Kier molecular flexibility index (Phi) is 7.56. The first-order valence-electron chi connectivity index (χ1n) is 15.0. The van der Waals surface area contributed by atoms with Crippen molar-refractivity contribution in [2.75, 3.05) is 26.3 Å². The molecule has 5 rings (SSSR count). The Morgan fingerprint density at radius 1 is 1.11 bits per heavy atom. The molecule has 0 radical (unpaired) electrons. The van der Waals surface area contributed by atoms with Gasteiger partial charge < -0.3 is 10.2 Å². The van der Waals surface area contributed by atoms with Gasteiger partial charge >= 0.3 is 6.09 Å². The fraction of sp³-hybridized carbons (Fsp3) is 0.839. The molecule has 1 amide bonds. The molecule has 1 aliphatic heterocycles. The first-order chi connectivity index (χ1) is 18.0. The molecule has 7 atom stereocenters. The van der Waals surface area contributed by atoms with Gasteiger partial charge in [0.05, 0.1) is 12.3 Å². The van der Waals surface area contributed by atoms with Crippen LogP contribution in [0.25, 0.3) is 0 Å². The van der Waals surface area contributed by atoms with E-state index in [9.17, 15) is 14.0 Å². The highest BCUT2D eigenvalue weighted by atomic mass is 19.1. The topological polar surface area (TPSA) is 71.0 Å². The number of allylic oxidation sites excluding steroid dienone is 1. The molecule has 4 fully saturated rings. The van der Waals surface area contributed by atoms with Crippen molar-refractivity contribution in [3.8, 4) is 0 Å². The number of hydrogen-bond acceptors (Lipinski definition) is 5. The predicted molar refractivity (Wildman–Crippen MR) is 148 cm³/mol. The van der Waals surface area contributed by atoms with E-state index in [0.29, 0.717) is 42.4 Å². The zero-order valence-electron chi connectivity index (χ0n) is 24.2. The van der Waals surface area contributed by atoms with E-state index in [1.807, 2.05) is 13.0 Å². The molecule has 38 heavy (non-hydrogen) atoms. The van der Waals surface area contributed by atoms with Crippen LogP contribution in [-0.2, 0) is 9.63 Å². The summed E-state index contributed by atoms with van der Waals surface area (Å²) in [6.45, 7) is 12.0. The summed E-state index contributed by atoms with van der Waals surface area (Å²) in [5.41, 5.74) is 2.69. The summed E-state index contributed by atoms with van der Waals surface area (Å²) >= 11 is 0. The van der Waals surface area contributed by atoms with Gasteiger partial charge in [-0.2, -0.15) is 0 Å². The molecule has 6 nitrogen and oxygen atoms in total. The van der Waals surface area contributed by atoms with E-state index in [2.05, 4.69) is 38.2 Å². The van der Waals surface area contributed by atoms with Crippen LogP contribution in [0.15, 0.2) is 16.8 Å². The molecule has 0 aromatic carbocycles. The molecule has 3 saturated carbocycles. The van der Waals surface area contributed by atoms with Crippen molar-refractivity contribution < 1.29 is 18.8 Å². The summed E-state index contributed by atoms with van der Waals surface area (Å²) in [5, 5.41) is 7.84. The van der Waals surface area contributed by atoms with E-state index in [1.165, 1.54) is 29.7 Å². The van der Waals surface area contributed by atoms with Crippen LogP contribution in [-0.4, -0.2) is 54.8 Å². The Hall–Kier alpha value is -1.76. The minimum absolute atomic E-state index is 0.0226. The Labute approximate surface area is 228 Å². The smallest absolute Gasteiger partial charge is 0.312 e. The van der Waals surface area contributed by atoms with E-state index >= 15 is 0 Å². The number of carbonyl (C=O) groups is 2. The normalized spacial score (nSPS) is 40.2. The van der Waals surface area contributed by atoms with Crippen molar-refractivity contribution in [1.29, 1.82) is 0 Å². The van der Waals surface area contributed by atoms with Gasteiger partial charge in [0, 0.05) is 24.9 Å². The number of nitrogens with zero attached hydrogens (tertiary/aromatic N) is 2. The molecule has 0 aromatic rings. The fourth-order valence-electron chi connectivity index (χ4n) is 9.39. The SMILES string of the molecule is C/C(=N\OC(=O)N(CCF)CC1NCCC1(C)C)[C@H]1CC[C@H]2[C@@H]3CCC4=CC(=O)CC[C@]4(C)[C@H]3CC[C@]12C. The number of rotatable bonds is 6. The van der Waals surface area contributed by atoms with Gasteiger partial charge in [0.25, 0.3) is 0 Å². The van der Waals surface area contributed by atoms with Gasteiger partial charge in [-0.15, -0.1) is 0 Å². The zero-order chi connectivity index (χ0) is 27.3. The Balaban J connectivity index is 1.26. The van der Waals surface area contributed by atoms with Crippen LogP contribution < -0.4 is 5.32 Å². The zero-order valence-corrected chi connectivity index (χ0v) is 24.2. The minimum atomic E-state index is -0.597. The number of fused-ring (bicyclic) bond motifs is 5. The second kappa shape index (κ2) is 10.3. The van der Waals surface area contributed by atoms with E-state index < -0.39 is 12.8 Å². The maximum Gasteiger partial charge on any atom is 0.436 e. The number of halogens is 1. The second-order valence-electron chi connectivity index (χ2n) is 14.1. The number of oxime groups is 1. The van der Waals surface area contributed by atoms with Crippen molar-refractivity contribution in [3.63, 3.8) is 0 Å². The number of alkyl halides is 1. The maximum atomic E-state index is 13.3. The third kappa shape index (κ3) is 4.75. The molecule has 0 spiro atoms. The average Bonchev–Trinajstić information content (AvgIpc) is 3.40. The molecule has 1 saturated heterocycles. The Morgan fingerprint density at radius 3 is 2.61 bits per heavy atom. The summed E-state index contributed by atoms with van der Waals surface area (Å²) in [7, 11) is 0. The van der Waals surface area contributed by atoms with Gasteiger partial charge in [0.15, 0.2) is 5.78 Å². The summed E-state index contributed by atoms with van der Waals surface area (Å²) in [6.07, 6.45) is 11.0. The van der Waals surface area contributed by atoms with Crippen LogP contribution >= 0.6 is 0 Å². The first kappa shape index (κ1) is 27.8. The molecule has 1 heterocycles. The summed E-state index contributed by atoms with van der Waals surface area (Å²) in [6, 6.07) is 0.117. The summed E-state index contributed by atoms with van der Waals surface area (Å²) in [5.74, 6) is 2.59. The van der Waals surface area contributed by atoms with Crippen LogP contribution in [0.4, 0.5) is 9.18 Å². The van der Waals surface area contributed by atoms with Gasteiger partial charge in [-0.1, -0.05) is 38.4 Å². The highest BCUT2D eigenvalue weighted by molar-refractivity contribution is 5.91. The third-order valence-corrected chi connectivity index (χ3v) is 11.9. The quantitative estimate of drug-likeness (QED) is 0.249. The van der Waals surface area contributed by atoms with E-state index in [4.69, 9.17) is 4.84 Å². The minimum Gasteiger partial charge on any atom is -0.312 e. The highest BCUT2D eigenvalue weighted by Crippen LogP contribution is 2.66. The van der Waals surface area contributed by atoms with Gasteiger partial charge in [-0.3, -0.25) is 9.63 Å². The largest absolute Gasteiger partial charge is 0.436 e. The van der Waals surface area contributed by atoms with Crippen LogP contribution in [0, 0.1) is 39.9 Å². The molecular weight excluding hydrogens is 481 g/mol. The van der Waals surface area contributed by atoms with E-state index in [0.717, 1.165) is 44.4 Å². The molecule has 1 N–H and O–H groups in total. The molecule has 0 aromatic heterocycles. The Morgan fingerprint density at radius 2 is 1.89 bits per heavy atom. The summed E-state index contributed by atoms with van der Waals surface area (Å²) < 4.78 is 13.3. The highest BCUT2D eigenvalue weighted by Gasteiger charge is 2.59. The van der Waals surface area contributed by atoms with Gasteiger partial charge in [0.1, 0.15) is 6.67 Å². The average molecular weight is 530 g/mol. The molecule has 0 bridgehead atoms. The van der Waals surface area contributed by atoms with Crippen LogP contribution in [0.3, 0.4) is 0 Å².